The Morgan fingerprint density at radius 1 is 1.30 bits per heavy atom. The van der Waals surface area contributed by atoms with Crippen LogP contribution in [0.3, 0.4) is 0 Å². The van der Waals surface area contributed by atoms with Crippen molar-refractivity contribution < 1.29 is 0 Å². The fraction of sp³-hybridized carbons (Fsp3) is 0.778. The molecule has 0 aromatic rings. The second-order valence-electron chi connectivity index (χ2n) is 2.78. The molecular formula is C9H19N. The SMILES string of the molecule is CCC=CCCNC(C)C. The van der Waals surface area contributed by atoms with Crippen LogP contribution in [-0.4, -0.2) is 12.6 Å². The maximum atomic E-state index is 3.35. The molecule has 0 unspecified atom stereocenters. The van der Waals surface area contributed by atoms with E-state index in [1.54, 1.807) is 0 Å². The van der Waals surface area contributed by atoms with Crippen molar-refractivity contribution in [3.63, 3.8) is 0 Å². The number of hydrogen-bond donors (Lipinski definition) is 1. The molecule has 60 valence electrons. The lowest BCUT2D eigenvalue weighted by Crippen LogP contribution is -2.23. The minimum atomic E-state index is 0.620. The fourth-order valence-corrected chi connectivity index (χ4v) is 0.740. The Labute approximate surface area is 64.5 Å². The van der Waals surface area contributed by atoms with Crippen molar-refractivity contribution in [2.75, 3.05) is 6.54 Å². The average molecular weight is 141 g/mol. The summed E-state index contributed by atoms with van der Waals surface area (Å²) in [5.74, 6) is 0. The first-order valence-electron chi connectivity index (χ1n) is 4.15. The minimum absolute atomic E-state index is 0.620. The molecule has 1 heteroatoms. The largest absolute Gasteiger partial charge is 0.314 e. The molecule has 1 N–H and O–H groups in total. The van der Waals surface area contributed by atoms with Gasteiger partial charge in [0.05, 0.1) is 0 Å². The Morgan fingerprint density at radius 2 is 2.00 bits per heavy atom. The molecule has 0 saturated heterocycles. The van der Waals surface area contributed by atoms with Crippen molar-refractivity contribution >= 4 is 0 Å². The molecule has 10 heavy (non-hydrogen) atoms. The Hall–Kier alpha value is -0.300. The first kappa shape index (κ1) is 9.70. The highest BCUT2D eigenvalue weighted by Gasteiger charge is 1.87. The zero-order valence-corrected chi connectivity index (χ0v) is 7.35. The molecule has 0 amide bonds. The highest BCUT2D eigenvalue weighted by molar-refractivity contribution is 4.80. The van der Waals surface area contributed by atoms with Gasteiger partial charge in [-0.2, -0.15) is 0 Å². The van der Waals surface area contributed by atoms with Gasteiger partial charge < -0.3 is 5.32 Å². The van der Waals surface area contributed by atoms with Gasteiger partial charge in [0.2, 0.25) is 0 Å². The third-order valence-corrected chi connectivity index (χ3v) is 1.27. The van der Waals surface area contributed by atoms with Crippen LogP contribution < -0.4 is 5.32 Å². The van der Waals surface area contributed by atoms with Crippen LogP contribution in [0.4, 0.5) is 0 Å². The van der Waals surface area contributed by atoms with Gasteiger partial charge in [0.1, 0.15) is 0 Å². The highest BCUT2D eigenvalue weighted by Crippen LogP contribution is 1.85. The maximum Gasteiger partial charge on any atom is 0.00105 e. The number of nitrogens with one attached hydrogen (secondary N) is 1. The van der Waals surface area contributed by atoms with Gasteiger partial charge in [0.15, 0.2) is 0 Å². The summed E-state index contributed by atoms with van der Waals surface area (Å²) in [5.41, 5.74) is 0. The molecule has 0 atom stereocenters. The predicted molar refractivity (Wildman–Crippen MR) is 47.2 cm³/mol. The van der Waals surface area contributed by atoms with E-state index in [0.29, 0.717) is 6.04 Å². The summed E-state index contributed by atoms with van der Waals surface area (Å²) in [6.07, 6.45) is 6.76. The second-order valence-corrected chi connectivity index (χ2v) is 2.78. The van der Waals surface area contributed by atoms with Gasteiger partial charge in [-0.1, -0.05) is 32.9 Å². The summed E-state index contributed by atoms with van der Waals surface area (Å²) in [7, 11) is 0. The zero-order valence-electron chi connectivity index (χ0n) is 7.35. The van der Waals surface area contributed by atoms with Crippen LogP contribution in [0, 0.1) is 0 Å². The number of hydrogen-bond acceptors (Lipinski definition) is 1. The van der Waals surface area contributed by atoms with E-state index in [1.807, 2.05) is 0 Å². The van der Waals surface area contributed by atoms with Gasteiger partial charge >= 0.3 is 0 Å². The molecular weight excluding hydrogens is 122 g/mol. The standard InChI is InChI=1S/C9H19N/c1-4-5-6-7-8-10-9(2)3/h5-6,9-10H,4,7-8H2,1-3H3. The third kappa shape index (κ3) is 7.70. The molecule has 0 fully saturated rings. The predicted octanol–water partition coefficient (Wildman–Crippen LogP) is 2.34. The van der Waals surface area contributed by atoms with Crippen molar-refractivity contribution in [2.45, 2.75) is 39.7 Å². The lowest BCUT2D eigenvalue weighted by Gasteiger charge is -2.04. The molecule has 0 aromatic carbocycles. The molecule has 1 nitrogen and oxygen atoms in total. The van der Waals surface area contributed by atoms with Crippen LogP contribution in [0.2, 0.25) is 0 Å². The molecule has 0 radical (unpaired) electrons. The minimum Gasteiger partial charge on any atom is -0.314 e. The summed E-state index contributed by atoms with van der Waals surface area (Å²) in [5, 5.41) is 3.35. The van der Waals surface area contributed by atoms with E-state index in [9.17, 15) is 0 Å². The first-order chi connectivity index (χ1) is 4.77. The third-order valence-electron chi connectivity index (χ3n) is 1.27. The van der Waals surface area contributed by atoms with Gasteiger partial charge in [-0.05, 0) is 19.4 Å². The average Bonchev–Trinajstić information content (AvgIpc) is 1.87. The number of allylic oxidation sites excluding steroid dienone is 1. The summed E-state index contributed by atoms with van der Waals surface area (Å²) in [6.45, 7) is 7.60. The highest BCUT2D eigenvalue weighted by atomic mass is 14.9. The molecule has 0 bridgehead atoms. The molecule has 0 aliphatic rings. The molecule has 0 heterocycles. The lowest BCUT2D eigenvalue weighted by molar-refractivity contribution is 0.594. The van der Waals surface area contributed by atoms with E-state index in [-0.39, 0.29) is 0 Å². The summed E-state index contributed by atoms with van der Waals surface area (Å²) >= 11 is 0. The van der Waals surface area contributed by atoms with Crippen LogP contribution in [-0.2, 0) is 0 Å². The Kier molecular flexibility index (Phi) is 6.61. The summed E-state index contributed by atoms with van der Waals surface area (Å²) in [6, 6.07) is 0.620. The molecule has 0 aliphatic carbocycles. The molecule has 0 rings (SSSR count). The quantitative estimate of drug-likeness (QED) is 0.458. The number of rotatable bonds is 5. The van der Waals surface area contributed by atoms with E-state index in [2.05, 4.69) is 38.2 Å². The van der Waals surface area contributed by atoms with Crippen LogP contribution in [0.5, 0.6) is 0 Å². The molecule has 0 saturated carbocycles. The smallest absolute Gasteiger partial charge is 0.00105 e. The van der Waals surface area contributed by atoms with E-state index < -0.39 is 0 Å². The maximum absolute atomic E-state index is 3.35. The Morgan fingerprint density at radius 3 is 2.50 bits per heavy atom. The van der Waals surface area contributed by atoms with Gasteiger partial charge in [0.25, 0.3) is 0 Å². The molecule has 0 spiro atoms. The summed E-state index contributed by atoms with van der Waals surface area (Å²) in [4.78, 5) is 0. The topological polar surface area (TPSA) is 12.0 Å². The second kappa shape index (κ2) is 6.81. The Balaban J connectivity index is 2.97. The fourth-order valence-electron chi connectivity index (χ4n) is 0.740. The van der Waals surface area contributed by atoms with E-state index >= 15 is 0 Å². The van der Waals surface area contributed by atoms with Crippen LogP contribution >= 0.6 is 0 Å². The van der Waals surface area contributed by atoms with Gasteiger partial charge in [-0.3, -0.25) is 0 Å². The monoisotopic (exact) mass is 141 g/mol. The zero-order chi connectivity index (χ0) is 7.82. The van der Waals surface area contributed by atoms with Crippen molar-refractivity contribution in [1.82, 2.24) is 5.32 Å². The van der Waals surface area contributed by atoms with Crippen molar-refractivity contribution in [1.29, 1.82) is 0 Å². The van der Waals surface area contributed by atoms with Crippen molar-refractivity contribution in [2.24, 2.45) is 0 Å². The first-order valence-corrected chi connectivity index (χ1v) is 4.15. The van der Waals surface area contributed by atoms with E-state index in [4.69, 9.17) is 0 Å². The van der Waals surface area contributed by atoms with Crippen LogP contribution in [0.25, 0.3) is 0 Å². The van der Waals surface area contributed by atoms with Crippen LogP contribution in [0.15, 0.2) is 12.2 Å². The van der Waals surface area contributed by atoms with E-state index in [0.717, 1.165) is 19.4 Å². The van der Waals surface area contributed by atoms with Crippen LogP contribution in [0.1, 0.15) is 33.6 Å². The van der Waals surface area contributed by atoms with Gasteiger partial charge in [-0.25, -0.2) is 0 Å². The van der Waals surface area contributed by atoms with Crippen molar-refractivity contribution in [3.05, 3.63) is 12.2 Å². The van der Waals surface area contributed by atoms with Gasteiger partial charge in [0, 0.05) is 6.04 Å². The normalized spacial score (nSPS) is 11.6. The molecule has 0 aliphatic heterocycles. The Bertz CT molecular complexity index is 84.7. The molecule has 0 aromatic heterocycles. The van der Waals surface area contributed by atoms with Gasteiger partial charge in [-0.15, -0.1) is 0 Å². The van der Waals surface area contributed by atoms with E-state index in [1.165, 1.54) is 0 Å². The lowest BCUT2D eigenvalue weighted by atomic mass is 10.3. The summed E-state index contributed by atoms with van der Waals surface area (Å²) < 4.78 is 0. The van der Waals surface area contributed by atoms with Crippen molar-refractivity contribution in [3.8, 4) is 0 Å².